The Hall–Kier alpha value is -1.75. The molecule has 1 aromatic rings. The maximum absolute atomic E-state index is 12.1. The molecule has 0 saturated carbocycles. The first-order valence-corrected chi connectivity index (χ1v) is 7.94. The zero-order chi connectivity index (χ0) is 16.1. The molecule has 0 radical (unpaired) electrons. The first-order valence-electron chi connectivity index (χ1n) is 7.94. The summed E-state index contributed by atoms with van der Waals surface area (Å²) in [6.07, 6.45) is 2.69. The third kappa shape index (κ3) is 4.13. The summed E-state index contributed by atoms with van der Waals surface area (Å²) in [5.41, 5.74) is 2.84. The number of carbonyl (C=O) groups excluding carboxylic acids is 1. The van der Waals surface area contributed by atoms with Gasteiger partial charge in [-0.1, -0.05) is 12.1 Å². The summed E-state index contributed by atoms with van der Waals surface area (Å²) in [6.45, 7) is 5.89. The highest BCUT2D eigenvalue weighted by Crippen LogP contribution is 2.23. The minimum absolute atomic E-state index is 0.0506. The van der Waals surface area contributed by atoms with Gasteiger partial charge in [-0.15, -0.1) is 0 Å². The van der Waals surface area contributed by atoms with Gasteiger partial charge in [0.15, 0.2) is 0 Å². The highest BCUT2D eigenvalue weighted by atomic mass is 16.3. The summed E-state index contributed by atoms with van der Waals surface area (Å²) >= 11 is 0. The molecule has 2 amide bonds. The highest BCUT2D eigenvalue weighted by molar-refractivity contribution is 5.74. The molecular weight excluding hydrogens is 280 g/mol. The maximum Gasteiger partial charge on any atom is 0.317 e. The number of nitrogens with zero attached hydrogens (tertiary/aromatic N) is 1. The predicted molar refractivity (Wildman–Crippen MR) is 86.1 cm³/mol. The number of phenolic OH excluding ortho intramolecular Hbond substituents is 1. The van der Waals surface area contributed by atoms with Crippen LogP contribution in [0.25, 0.3) is 0 Å². The van der Waals surface area contributed by atoms with Gasteiger partial charge in [0, 0.05) is 26.2 Å². The molecule has 122 valence electrons. The normalized spacial score (nSPS) is 18.3. The summed E-state index contributed by atoms with van der Waals surface area (Å²) in [6, 6.07) is 3.86. The fourth-order valence-corrected chi connectivity index (χ4v) is 3.01. The molecule has 1 atom stereocenters. The number of nitrogens with one attached hydrogen (secondary N) is 1. The molecule has 0 unspecified atom stereocenters. The number of aliphatic hydroxyl groups excluding tert-OH is 1. The quantitative estimate of drug-likeness (QED) is 0.796. The van der Waals surface area contributed by atoms with Crippen molar-refractivity contribution in [2.75, 3.05) is 26.2 Å². The number of hydrogen-bond acceptors (Lipinski definition) is 3. The second kappa shape index (κ2) is 7.49. The molecule has 0 aliphatic carbocycles. The van der Waals surface area contributed by atoms with Crippen LogP contribution in [0.4, 0.5) is 4.79 Å². The lowest BCUT2D eigenvalue weighted by Crippen LogP contribution is -2.46. The SMILES string of the molecule is Cc1cc(CCNC(=O)N2CCC[C@@H](CO)C2)cc(C)c1O. The van der Waals surface area contributed by atoms with Gasteiger partial charge >= 0.3 is 6.03 Å². The Morgan fingerprint density at radius 2 is 2.05 bits per heavy atom. The summed E-state index contributed by atoms with van der Waals surface area (Å²) in [4.78, 5) is 13.9. The van der Waals surface area contributed by atoms with E-state index >= 15 is 0 Å². The molecule has 22 heavy (non-hydrogen) atoms. The zero-order valence-corrected chi connectivity index (χ0v) is 13.4. The van der Waals surface area contributed by atoms with Gasteiger partial charge in [-0.3, -0.25) is 0 Å². The second-order valence-corrected chi connectivity index (χ2v) is 6.20. The van der Waals surface area contributed by atoms with Crippen molar-refractivity contribution >= 4 is 6.03 Å². The smallest absolute Gasteiger partial charge is 0.317 e. The van der Waals surface area contributed by atoms with E-state index in [9.17, 15) is 15.0 Å². The third-order valence-electron chi connectivity index (χ3n) is 4.31. The van der Waals surface area contributed by atoms with Crippen molar-refractivity contribution in [1.29, 1.82) is 0 Å². The molecule has 1 aliphatic heterocycles. The molecule has 2 rings (SSSR count). The van der Waals surface area contributed by atoms with Crippen LogP contribution in [-0.2, 0) is 6.42 Å². The summed E-state index contributed by atoms with van der Waals surface area (Å²) in [5, 5.41) is 21.9. The number of aliphatic hydroxyl groups is 1. The Morgan fingerprint density at radius 3 is 2.68 bits per heavy atom. The lowest BCUT2D eigenvalue weighted by atomic mass is 9.99. The van der Waals surface area contributed by atoms with E-state index in [1.54, 1.807) is 4.90 Å². The first kappa shape index (κ1) is 16.6. The van der Waals surface area contributed by atoms with Crippen LogP contribution in [0.3, 0.4) is 0 Å². The molecule has 1 aliphatic rings. The summed E-state index contributed by atoms with van der Waals surface area (Å²) in [7, 11) is 0. The number of amides is 2. The Balaban J connectivity index is 1.82. The van der Waals surface area contributed by atoms with Gasteiger partial charge in [0.05, 0.1) is 0 Å². The van der Waals surface area contributed by atoms with Crippen molar-refractivity contribution < 1.29 is 15.0 Å². The Morgan fingerprint density at radius 1 is 1.36 bits per heavy atom. The maximum atomic E-state index is 12.1. The summed E-state index contributed by atoms with van der Waals surface area (Å²) in [5.74, 6) is 0.554. The highest BCUT2D eigenvalue weighted by Gasteiger charge is 2.22. The lowest BCUT2D eigenvalue weighted by molar-refractivity contribution is 0.129. The van der Waals surface area contributed by atoms with Gasteiger partial charge in [-0.05, 0) is 55.7 Å². The van der Waals surface area contributed by atoms with Crippen LogP contribution in [0.1, 0.15) is 29.5 Å². The summed E-state index contributed by atoms with van der Waals surface area (Å²) < 4.78 is 0. The average Bonchev–Trinajstić information content (AvgIpc) is 2.52. The van der Waals surface area contributed by atoms with Crippen molar-refractivity contribution in [3.8, 4) is 5.75 Å². The van der Waals surface area contributed by atoms with E-state index in [-0.39, 0.29) is 18.6 Å². The van der Waals surface area contributed by atoms with E-state index in [2.05, 4.69) is 5.32 Å². The minimum Gasteiger partial charge on any atom is -0.507 e. The van der Waals surface area contributed by atoms with Gasteiger partial charge in [-0.2, -0.15) is 0 Å². The fraction of sp³-hybridized carbons (Fsp3) is 0.588. The largest absolute Gasteiger partial charge is 0.507 e. The molecule has 1 saturated heterocycles. The van der Waals surface area contributed by atoms with Crippen LogP contribution in [0.2, 0.25) is 0 Å². The standard InChI is InChI=1S/C17H26N2O3/c1-12-8-14(9-13(2)16(12)21)5-6-18-17(22)19-7-3-4-15(10-19)11-20/h8-9,15,20-21H,3-7,10-11H2,1-2H3,(H,18,22)/t15-/m1/s1. The molecule has 1 heterocycles. The molecular formula is C17H26N2O3. The number of phenols is 1. The number of hydrogen-bond donors (Lipinski definition) is 3. The van der Waals surface area contributed by atoms with Crippen molar-refractivity contribution in [2.45, 2.75) is 33.1 Å². The second-order valence-electron chi connectivity index (χ2n) is 6.20. The van der Waals surface area contributed by atoms with E-state index in [1.807, 2.05) is 26.0 Å². The van der Waals surface area contributed by atoms with Gasteiger partial charge in [0.25, 0.3) is 0 Å². The van der Waals surface area contributed by atoms with Crippen LogP contribution >= 0.6 is 0 Å². The third-order valence-corrected chi connectivity index (χ3v) is 4.31. The Kier molecular flexibility index (Phi) is 5.66. The average molecular weight is 306 g/mol. The molecule has 5 nitrogen and oxygen atoms in total. The van der Waals surface area contributed by atoms with Crippen LogP contribution in [0.15, 0.2) is 12.1 Å². The van der Waals surface area contributed by atoms with E-state index < -0.39 is 0 Å². The number of likely N-dealkylation sites (tertiary alicyclic amines) is 1. The van der Waals surface area contributed by atoms with Crippen LogP contribution in [-0.4, -0.2) is 47.4 Å². The Labute approximate surface area is 131 Å². The number of aryl methyl sites for hydroxylation is 2. The van der Waals surface area contributed by atoms with E-state index in [4.69, 9.17) is 0 Å². The van der Waals surface area contributed by atoms with Gasteiger partial charge in [-0.25, -0.2) is 4.79 Å². The topological polar surface area (TPSA) is 72.8 Å². The molecule has 0 spiro atoms. The van der Waals surface area contributed by atoms with Crippen molar-refractivity contribution in [2.24, 2.45) is 5.92 Å². The number of carbonyl (C=O) groups is 1. The molecule has 1 aromatic carbocycles. The predicted octanol–water partition coefficient (Wildman–Crippen LogP) is 1.97. The molecule has 5 heteroatoms. The van der Waals surface area contributed by atoms with Crippen LogP contribution in [0.5, 0.6) is 5.75 Å². The van der Waals surface area contributed by atoms with Crippen LogP contribution < -0.4 is 5.32 Å². The monoisotopic (exact) mass is 306 g/mol. The van der Waals surface area contributed by atoms with Crippen molar-refractivity contribution in [3.63, 3.8) is 0 Å². The molecule has 0 bridgehead atoms. The lowest BCUT2D eigenvalue weighted by Gasteiger charge is -2.31. The molecule has 1 fully saturated rings. The van der Waals surface area contributed by atoms with Crippen molar-refractivity contribution in [1.82, 2.24) is 10.2 Å². The van der Waals surface area contributed by atoms with E-state index in [0.717, 1.165) is 42.5 Å². The fourth-order valence-electron chi connectivity index (χ4n) is 3.01. The number of urea groups is 1. The first-order chi connectivity index (χ1) is 10.5. The van der Waals surface area contributed by atoms with Gasteiger partial charge in [0.1, 0.15) is 5.75 Å². The van der Waals surface area contributed by atoms with E-state index in [1.165, 1.54) is 0 Å². The molecule has 0 aromatic heterocycles. The van der Waals surface area contributed by atoms with Crippen LogP contribution in [0, 0.1) is 19.8 Å². The number of piperidine rings is 1. The van der Waals surface area contributed by atoms with E-state index in [0.29, 0.717) is 18.8 Å². The van der Waals surface area contributed by atoms with Gasteiger partial charge in [0.2, 0.25) is 0 Å². The molecule has 3 N–H and O–H groups in total. The van der Waals surface area contributed by atoms with Crippen molar-refractivity contribution in [3.05, 3.63) is 28.8 Å². The Bertz CT molecular complexity index is 508. The minimum atomic E-state index is -0.0506. The number of rotatable bonds is 4. The number of aromatic hydroxyl groups is 1. The number of benzene rings is 1. The zero-order valence-electron chi connectivity index (χ0n) is 13.4. The van der Waals surface area contributed by atoms with Gasteiger partial charge < -0.3 is 20.4 Å².